The second-order valence-electron chi connectivity index (χ2n) is 4.04. The second-order valence-corrected chi connectivity index (χ2v) is 6.90. The van der Waals surface area contributed by atoms with Crippen LogP contribution in [0.2, 0.25) is 0 Å². The fraction of sp³-hybridized carbons (Fsp3) is 0.182. The third kappa shape index (κ3) is 2.84. The van der Waals surface area contributed by atoms with Gasteiger partial charge in [-0.15, -0.1) is 0 Å². The number of nitrogens with two attached hydrogens (primary N) is 1. The Morgan fingerprint density at radius 3 is 2.63 bits per heavy atom. The van der Waals surface area contributed by atoms with E-state index in [2.05, 4.69) is 32.4 Å². The maximum absolute atomic E-state index is 12.3. The second kappa shape index (κ2) is 5.00. The van der Waals surface area contributed by atoms with E-state index in [1.54, 1.807) is 32.2 Å². The minimum Gasteiger partial charge on any atom is -0.381 e. The van der Waals surface area contributed by atoms with Crippen LogP contribution in [0.25, 0.3) is 0 Å². The Morgan fingerprint density at radius 2 is 2.11 bits per heavy atom. The molecule has 1 aromatic heterocycles. The zero-order valence-corrected chi connectivity index (χ0v) is 13.4. The van der Waals surface area contributed by atoms with Crippen molar-refractivity contribution >= 4 is 44.1 Å². The topological polar surface area (TPSA) is 90.0 Å². The van der Waals surface area contributed by atoms with Gasteiger partial charge >= 0.3 is 0 Å². The highest BCUT2D eigenvalue weighted by Gasteiger charge is 2.24. The lowest BCUT2D eigenvalue weighted by molar-refractivity contribution is 0.600. The van der Waals surface area contributed by atoms with E-state index >= 15 is 0 Å². The van der Waals surface area contributed by atoms with E-state index in [1.165, 1.54) is 4.68 Å². The van der Waals surface area contributed by atoms with Crippen LogP contribution in [0.4, 0.5) is 11.5 Å². The van der Waals surface area contributed by atoms with Gasteiger partial charge in [-0.3, -0.25) is 9.40 Å². The molecule has 2 aromatic rings. The summed E-state index contributed by atoms with van der Waals surface area (Å²) in [4.78, 5) is 0.0221. The number of anilines is 2. The van der Waals surface area contributed by atoms with Gasteiger partial charge in [0.15, 0.2) is 10.7 Å². The zero-order valence-electron chi connectivity index (χ0n) is 10.4. The van der Waals surface area contributed by atoms with E-state index in [0.29, 0.717) is 11.4 Å². The first-order chi connectivity index (χ1) is 8.81. The normalized spacial score (nSPS) is 11.5. The molecule has 0 radical (unpaired) electrons. The Morgan fingerprint density at radius 1 is 1.42 bits per heavy atom. The van der Waals surface area contributed by atoms with Crippen LogP contribution in [-0.2, 0) is 17.1 Å². The van der Waals surface area contributed by atoms with Crippen LogP contribution >= 0.6 is 22.6 Å². The van der Waals surface area contributed by atoms with Gasteiger partial charge < -0.3 is 5.73 Å². The number of rotatable bonds is 3. The van der Waals surface area contributed by atoms with Crippen molar-refractivity contribution in [2.45, 2.75) is 11.8 Å². The molecule has 19 heavy (non-hydrogen) atoms. The Bertz CT molecular complexity index is 724. The van der Waals surface area contributed by atoms with Gasteiger partial charge in [-0.2, -0.15) is 5.10 Å². The maximum atomic E-state index is 12.3. The predicted octanol–water partition coefficient (Wildman–Crippen LogP) is 1.72. The molecule has 0 amide bonds. The van der Waals surface area contributed by atoms with E-state index in [0.717, 1.165) is 3.57 Å². The van der Waals surface area contributed by atoms with Crippen LogP contribution in [0.15, 0.2) is 29.2 Å². The quantitative estimate of drug-likeness (QED) is 0.779. The lowest BCUT2D eigenvalue weighted by atomic mass is 10.3. The summed E-state index contributed by atoms with van der Waals surface area (Å²) in [5.41, 5.74) is 6.65. The number of hydrogen-bond acceptors (Lipinski definition) is 4. The first-order valence-corrected chi connectivity index (χ1v) is 7.95. The largest absolute Gasteiger partial charge is 0.381 e. The minimum atomic E-state index is -3.73. The van der Waals surface area contributed by atoms with Gasteiger partial charge in [0.05, 0.1) is 5.69 Å². The van der Waals surface area contributed by atoms with E-state index < -0.39 is 10.0 Å². The fourth-order valence-electron chi connectivity index (χ4n) is 1.70. The number of nitrogens with one attached hydrogen (secondary N) is 1. The van der Waals surface area contributed by atoms with Gasteiger partial charge in [0, 0.05) is 16.3 Å². The molecular weight excluding hydrogens is 379 g/mol. The molecule has 0 aliphatic heterocycles. The highest BCUT2D eigenvalue weighted by Crippen LogP contribution is 2.24. The van der Waals surface area contributed by atoms with Gasteiger partial charge in [-0.1, -0.05) is 6.07 Å². The number of halogens is 1. The Balaban J connectivity index is 2.44. The highest BCUT2D eigenvalue weighted by atomic mass is 127. The summed E-state index contributed by atoms with van der Waals surface area (Å²) in [5, 5.41) is 3.91. The van der Waals surface area contributed by atoms with Crippen molar-refractivity contribution < 1.29 is 8.42 Å². The zero-order chi connectivity index (χ0) is 14.2. The highest BCUT2D eigenvalue weighted by molar-refractivity contribution is 14.1. The molecule has 0 atom stereocenters. The lowest BCUT2D eigenvalue weighted by Gasteiger charge is -2.08. The SMILES string of the molecule is Cc1c(S(=O)(=O)Nc2cccc(I)c2)c(N)nn1C. The summed E-state index contributed by atoms with van der Waals surface area (Å²) in [6.45, 7) is 1.66. The number of aromatic nitrogens is 2. The summed E-state index contributed by atoms with van der Waals surface area (Å²) < 4.78 is 29.5. The summed E-state index contributed by atoms with van der Waals surface area (Å²) in [6.07, 6.45) is 0. The van der Waals surface area contributed by atoms with Crippen molar-refractivity contribution in [3.8, 4) is 0 Å². The average Bonchev–Trinajstić information content (AvgIpc) is 2.52. The van der Waals surface area contributed by atoms with Crippen molar-refractivity contribution in [1.82, 2.24) is 9.78 Å². The Labute approximate surface area is 125 Å². The van der Waals surface area contributed by atoms with Crippen LogP contribution in [-0.4, -0.2) is 18.2 Å². The molecule has 0 fully saturated rings. The molecule has 1 heterocycles. The van der Waals surface area contributed by atoms with Crippen LogP contribution in [0, 0.1) is 10.5 Å². The Kier molecular flexibility index (Phi) is 3.72. The molecule has 8 heteroatoms. The molecule has 0 aliphatic carbocycles. The number of aryl methyl sites for hydroxylation is 1. The number of nitrogens with zero attached hydrogens (tertiary/aromatic N) is 2. The lowest BCUT2D eigenvalue weighted by Crippen LogP contribution is -2.15. The summed E-state index contributed by atoms with van der Waals surface area (Å²) >= 11 is 2.11. The molecule has 0 aliphatic rings. The molecule has 0 saturated carbocycles. The molecular formula is C11H13IN4O2S. The third-order valence-corrected chi connectivity index (χ3v) is 4.87. The summed E-state index contributed by atoms with van der Waals surface area (Å²) in [5.74, 6) is -0.00173. The number of benzene rings is 1. The van der Waals surface area contributed by atoms with Gasteiger partial charge in [-0.25, -0.2) is 8.42 Å². The predicted molar refractivity (Wildman–Crippen MR) is 82.3 cm³/mol. The number of hydrogen-bond donors (Lipinski definition) is 2. The monoisotopic (exact) mass is 392 g/mol. The molecule has 2 rings (SSSR count). The fourth-order valence-corrected chi connectivity index (χ4v) is 3.62. The van der Waals surface area contributed by atoms with Gasteiger partial charge in [-0.05, 0) is 47.7 Å². The van der Waals surface area contributed by atoms with Gasteiger partial charge in [0.2, 0.25) is 0 Å². The smallest absolute Gasteiger partial charge is 0.267 e. The minimum absolute atomic E-state index is 0.00173. The molecule has 0 unspecified atom stereocenters. The van der Waals surface area contributed by atoms with Gasteiger partial charge in [0.1, 0.15) is 0 Å². The molecule has 1 aromatic carbocycles. The standard InChI is InChI=1S/C11H13IN4O2S/c1-7-10(11(13)14-16(7)2)19(17,18)15-9-5-3-4-8(12)6-9/h3-6,15H,1-2H3,(H2,13,14). The summed E-state index contributed by atoms with van der Waals surface area (Å²) in [6, 6.07) is 7.07. The van der Waals surface area contributed by atoms with Crippen molar-refractivity contribution in [3.63, 3.8) is 0 Å². The molecule has 0 bridgehead atoms. The molecule has 6 nitrogen and oxygen atoms in total. The molecule has 102 valence electrons. The van der Waals surface area contributed by atoms with E-state index in [-0.39, 0.29) is 10.7 Å². The number of sulfonamides is 1. The van der Waals surface area contributed by atoms with Crippen LogP contribution < -0.4 is 10.5 Å². The molecule has 0 saturated heterocycles. The van der Waals surface area contributed by atoms with Crippen molar-refractivity contribution in [2.24, 2.45) is 7.05 Å². The molecule has 3 N–H and O–H groups in total. The Hall–Kier alpha value is -1.29. The van der Waals surface area contributed by atoms with E-state index in [1.807, 2.05) is 6.07 Å². The third-order valence-electron chi connectivity index (χ3n) is 2.65. The first kappa shape index (κ1) is 14.1. The molecule has 0 spiro atoms. The van der Waals surface area contributed by atoms with Crippen molar-refractivity contribution in [3.05, 3.63) is 33.5 Å². The van der Waals surface area contributed by atoms with E-state index in [4.69, 9.17) is 5.73 Å². The van der Waals surface area contributed by atoms with Crippen molar-refractivity contribution in [1.29, 1.82) is 0 Å². The number of nitrogen functional groups attached to an aromatic ring is 1. The maximum Gasteiger partial charge on any atom is 0.267 e. The average molecular weight is 392 g/mol. The summed E-state index contributed by atoms with van der Waals surface area (Å²) in [7, 11) is -2.08. The first-order valence-electron chi connectivity index (χ1n) is 5.39. The van der Waals surface area contributed by atoms with Crippen LogP contribution in [0.1, 0.15) is 5.69 Å². The van der Waals surface area contributed by atoms with Crippen LogP contribution in [0.3, 0.4) is 0 Å². The van der Waals surface area contributed by atoms with Crippen molar-refractivity contribution in [2.75, 3.05) is 10.5 Å². The van der Waals surface area contributed by atoms with Crippen LogP contribution in [0.5, 0.6) is 0 Å². The van der Waals surface area contributed by atoms with Gasteiger partial charge in [0.25, 0.3) is 10.0 Å². The van der Waals surface area contributed by atoms with E-state index in [9.17, 15) is 8.42 Å².